The molecule has 1 aromatic carbocycles. The summed E-state index contributed by atoms with van der Waals surface area (Å²) in [7, 11) is 5.23. The van der Waals surface area contributed by atoms with Crippen LogP contribution in [0.4, 0.5) is 0 Å². The summed E-state index contributed by atoms with van der Waals surface area (Å²) >= 11 is 1.95. The Bertz CT molecular complexity index is 627. The minimum atomic E-state index is -0.0572. The summed E-state index contributed by atoms with van der Waals surface area (Å²) in [5, 5.41) is 7.62. The van der Waals surface area contributed by atoms with Crippen LogP contribution in [-0.4, -0.2) is 62.1 Å². The molecule has 0 aliphatic heterocycles. The van der Waals surface area contributed by atoms with Gasteiger partial charge in [0.2, 0.25) is 0 Å². The van der Waals surface area contributed by atoms with Crippen molar-refractivity contribution in [2.24, 2.45) is 4.99 Å². The van der Waals surface area contributed by atoms with Crippen LogP contribution in [-0.2, 0) is 11.3 Å². The van der Waals surface area contributed by atoms with Gasteiger partial charge in [-0.3, -0.25) is 9.79 Å². The van der Waals surface area contributed by atoms with E-state index in [0.717, 1.165) is 16.8 Å². The molecule has 152 valence electrons. The number of ether oxygens (including phenoxy) is 1. The summed E-state index contributed by atoms with van der Waals surface area (Å²) in [5.74, 6) is 1.46. The zero-order valence-corrected chi connectivity index (χ0v) is 19.7. The van der Waals surface area contributed by atoms with Crippen LogP contribution in [0.5, 0.6) is 5.75 Å². The van der Waals surface area contributed by atoms with E-state index in [2.05, 4.69) is 21.9 Å². The maximum absolute atomic E-state index is 11.6. The smallest absolute Gasteiger partial charge is 0.259 e. The number of rotatable bonds is 7. The maximum atomic E-state index is 11.6. The third kappa shape index (κ3) is 8.16. The summed E-state index contributed by atoms with van der Waals surface area (Å²) in [6.45, 7) is 0.697. The van der Waals surface area contributed by atoms with Crippen LogP contribution in [0.2, 0.25) is 0 Å². The lowest BCUT2D eigenvalue weighted by Crippen LogP contribution is -2.42. The van der Waals surface area contributed by atoms with Gasteiger partial charge in [-0.25, -0.2) is 0 Å². The molecule has 1 aliphatic rings. The first-order chi connectivity index (χ1) is 12.5. The number of carbonyl (C=O) groups excluding carboxylic acids is 1. The van der Waals surface area contributed by atoms with Gasteiger partial charge in [0.25, 0.3) is 5.91 Å². The molecule has 6 nitrogen and oxygen atoms in total. The molecule has 1 amide bonds. The van der Waals surface area contributed by atoms with Crippen LogP contribution >= 0.6 is 35.7 Å². The number of aliphatic imine (C=N–C) groups is 1. The van der Waals surface area contributed by atoms with E-state index in [1.54, 1.807) is 21.1 Å². The summed E-state index contributed by atoms with van der Waals surface area (Å²) in [4.78, 5) is 17.5. The van der Waals surface area contributed by atoms with Crippen molar-refractivity contribution in [1.29, 1.82) is 0 Å². The van der Waals surface area contributed by atoms with E-state index in [1.807, 2.05) is 36.0 Å². The minimum Gasteiger partial charge on any atom is -0.484 e. The third-order valence-electron chi connectivity index (χ3n) is 4.50. The lowest BCUT2D eigenvalue weighted by Gasteiger charge is -2.17. The van der Waals surface area contributed by atoms with E-state index >= 15 is 0 Å². The van der Waals surface area contributed by atoms with E-state index in [0.29, 0.717) is 18.3 Å². The monoisotopic (exact) mass is 506 g/mol. The first kappa shape index (κ1) is 23.9. The Hall–Kier alpha value is -1.16. The van der Waals surface area contributed by atoms with Crippen LogP contribution in [0.3, 0.4) is 0 Å². The highest BCUT2D eigenvalue weighted by Gasteiger charge is 2.24. The predicted molar refractivity (Wildman–Crippen MR) is 124 cm³/mol. The van der Waals surface area contributed by atoms with Crippen molar-refractivity contribution >= 4 is 47.6 Å². The Balaban J connectivity index is 0.00000364. The number of guanidine groups is 1. The molecule has 0 aromatic heterocycles. The molecule has 0 spiro atoms. The normalized spacial score (nSPS) is 19.2. The molecule has 0 heterocycles. The average molecular weight is 506 g/mol. The van der Waals surface area contributed by atoms with Gasteiger partial charge in [-0.1, -0.05) is 12.1 Å². The Morgan fingerprint density at radius 2 is 2.15 bits per heavy atom. The van der Waals surface area contributed by atoms with Gasteiger partial charge in [-0.15, -0.1) is 24.0 Å². The molecule has 2 atom stereocenters. The second kappa shape index (κ2) is 12.3. The van der Waals surface area contributed by atoms with Crippen molar-refractivity contribution in [3.05, 3.63) is 29.8 Å². The fourth-order valence-electron chi connectivity index (χ4n) is 2.88. The molecule has 1 aromatic rings. The topological polar surface area (TPSA) is 66.0 Å². The van der Waals surface area contributed by atoms with Crippen molar-refractivity contribution in [3.8, 4) is 5.75 Å². The Kier molecular flexibility index (Phi) is 10.9. The number of hydrogen-bond acceptors (Lipinski definition) is 4. The number of nitrogens with one attached hydrogen (secondary N) is 2. The quantitative estimate of drug-likeness (QED) is 0.338. The number of thioether (sulfide) groups is 1. The van der Waals surface area contributed by atoms with Gasteiger partial charge in [0.15, 0.2) is 12.6 Å². The molecule has 8 heteroatoms. The van der Waals surface area contributed by atoms with Gasteiger partial charge < -0.3 is 20.3 Å². The Morgan fingerprint density at radius 1 is 1.37 bits per heavy atom. The zero-order chi connectivity index (χ0) is 18.9. The van der Waals surface area contributed by atoms with Gasteiger partial charge in [0, 0.05) is 39.0 Å². The van der Waals surface area contributed by atoms with Gasteiger partial charge in [0.05, 0.1) is 0 Å². The second-order valence-electron chi connectivity index (χ2n) is 6.66. The standard InChI is InChI=1S/C19H30N4O2S.HI/c1-20-19(22-15-8-9-17(11-15)26-4)21-12-14-6-5-7-16(10-14)25-13-18(24)23(2)3;/h5-7,10,15,17H,8-9,11-13H2,1-4H3,(H2,20,21,22);1H. The third-order valence-corrected chi connectivity index (χ3v) is 5.60. The molecule has 2 unspecified atom stereocenters. The summed E-state index contributed by atoms with van der Waals surface area (Å²) in [6, 6.07) is 8.26. The van der Waals surface area contributed by atoms with Crippen LogP contribution in [0.25, 0.3) is 0 Å². The highest BCUT2D eigenvalue weighted by atomic mass is 127. The van der Waals surface area contributed by atoms with Crippen LogP contribution in [0.1, 0.15) is 24.8 Å². The van der Waals surface area contributed by atoms with Crippen LogP contribution < -0.4 is 15.4 Å². The van der Waals surface area contributed by atoms with Gasteiger partial charge in [0.1, 0.15) is 5.75 Å². The van der Waals surface area contributed by atoms with E-state index in [4.69, 9.17) is 4.74 Å². The molecule has 0 bridgehead atoms. The number of halogens is 1. The van der Waals surface area contributed by atoms with E-state index in [-0.39, 0.29) is 36.5 Å². The lowest BCUT2D eigenvalue weighted by molar-refractivity contribution is -0.130. The molecule has 27 heavy (non-hydrogen) atoms. The molecular formula is C19H31IN4O2S. The largest absolute Gasteiger partial charge is 0.484 e. The zero-order valence-electron chi connectivity index (χ0n) is 16.5. The Morgan fingerprint density at radius 3 is 2.78 bits per heavy atom. The van der Waals surface area contributed by atoms with Crippen molar-refractivity contribution in [1.82, 2.24) is 15.5 Å². The number of amides is 1. The minimum absolute atomic E-state index is 0. The van der Waals surface area contributed by atoms with Crippen molar-refractivity contribution in [2.45, 2.75) is 37.1 Å². The Labute approximate surface area is 183 Å². The fraction of sp³-hybridized carbons (Fsp3) is 0.579. The number of hydrogen-bond donors (Lipinski definition) is 2. The molecule has 2 rings (SSSR count). The first-order valence-corrected chi connectivity index (χ1v) is 10.2. The van der Waals surface area contributed by atoms with Crippen molar-refractivity contribution < 1.29 is 9.53 Å². The molecular weight excluding hydrogens is 475 g/mol. The van der Waals surface area contributed by atoms with Crippen molar-refractivity contribution in [3.63, 3.8) is 0 Å². The highest BCUT2D eigenvalue weighted by molar-refractivity contribution is 14.0. The SMILES string of the molecule is CN=C(NCc1cccc(OCC(=O)N(C)C)c1)NC1CCC(SC)C1.I. The highest BCUT2D eigenvalue weighted by Crippen LogP contribution is 2.28. The van der Waals surface area contributed by atoms with Gasteiger partial charge in [-0.2, -0.15) is 11.8 Å². The molecule has 1 fully saturated rings. The first-order valence-electron chi connectivity index (χ1n) is 8.93. The van der Waals surface area contributed by atoms with E-state index < -0.39 is 0 Å². The summed E-state index contributed by atoms with van der Waals surface area (Å²) in [5.41, 5.74) is 1.08. The maximum Gasteiger partial charge on any atom is 0.259 e. The molecule has 0 saturated heterocycles. The van der Waals surface area contributed by atoms with Gasteiger partial charge in [-0.05, 0) is 43.2 Å². The lowest BCUT2D eigenvalue weighted by atomic mass is 10.2. The van der Waals surface area contributed by atoms with E-state index in [9.17, 15) is 4.79 Å². The summed E-state index contributed by atoms with van der Waals surface area (Å²) in [6.07, 6.45) is 5.82. The number of nitrogens with zero attached hydrogens (tertiary/aromatic N) is 2. The molecule has 1 saturated carbocycles. The fourth-order valence-corrected chi connectivity index (χ4v) is 3.68. The predicted octanol–water partition coefficient (Wildman–Crippen LogP) is 2.72. The average Bonchev–Trinajstić information content (AvgIpc) is 3.11. The molecule has 0 radical (unpaired) electrons. The number of carbonyl (C=O) groups is 1. The van der Waals surface area contributed by atoms with E-state index in [1.165, 1.54) is 24.2 Å². The molecule has 1 aliphatic carbocycles. The van der Waals surface area contributed by atoms with Gasteiger partial charge >= 0.3 is 0 Å². The number of benzene rings is 1. The van der Waals surface area contributed by atoms with Crippen molar-refractivity contribution in [2.75, 3.05) is 34.0 Å². The second-order valence-corrected chi connectivity index (χ2v) is 7.80. The summed E-state index contributed by atoms with van der Waals surface area (Å²) < 4.78 is 5.57. The van der Waals surface area contributed by atoms with Crippen LogP contribution in [0.15, 0.2) is 29.3 Å². The number of likely N-dealkylation sites (N-methyl/N-ethyl adjacent to an activating group) is 1. The van der Waals surface area contributed by atoms with Crippen LogP contribution in [0, 0.1) is 0 Å². The molecule has 2 N–H and O–H groups in total.